The normalized spacial score (nSPS) is 23.6. The van der Waals surface area contributed by atoms with E-state index < -0.39 is 46.1 Å². The maximum Gasteiger partial charge on any atom is 0.325 e. The lowest BCUT2D eigenvalue weighted by Gasteiger charge is -2.32. The Balaban J connectivity index is 1.70. The molecule has 3 aromatic carbocycles. The molecule has 0 saturated carbocycles. The maximum atomic E-state index is 14.4. The first-order chi connectivity index (χ1) is 19.5. The molecule has 0 spiro atoms. The number of imide groups is 1. The van der Waals surface area contributed by atoms with Gasteiger partial charge in [0.05, 0.1) is 22.4 Å². The number of phenolic OH excluding ortho intramolecular Hbond substituents is 1. The van der Waals surface area contributed by atoms with Crippen LogP contribution in [0.1, 0.15) is 42.1 Å². The third-order valence-electron chi connectivity index (χ3n) is 8.18. The quantitative estimate of drug-likeness (QED) is 0.186. The molecule has 0 radical (unpaired) electrons. The summed E-state index contributed by atoms with van der Waals surface area (Å²) in [7, 11) is 0. The number of phenols is 1. The van der Waals surface area contributed by atoms with Crippen LogP contribution >= 0.6 is 15.9 Å². The molecule has 2 aliphatic heterocycles. The number of nitrogens with one attached hydrogen (secondary N) is 1. The van der Waals surface area contributed by atoms with Crippen molar-refractivity contribution in [2.45, 2.75) is 44.7 Å². The molecular weight excluding hydrogens is 594 g/mol. The van der Waals surface area contributed by atoms with Crippen molar-refractivity contribution >= 4 is 45.1 Å². The fourth-order valence-corrected chi connectivity index (χ4v) is 6.64. The summed E-state index contributed by atoms with van der Waals surface area (Å²) in [6.45, 7) is 3.84. The van der Waals surface area contributed by atoms with Gasteiger partial charge in [0.15, 0.2) is 0 Å². The highest BCUT2D eigenvalue weighted by Crippen LogP contribution is 2.53. The number of aromatic hydroxyl groups is 1. The Labute approximate surface area is 244 Å². The Kier molecular flexibility index (Phi) is 7.43. The van der Waals surface area contributed by atoms with E-state index in [1.807, 2.05) is 32.0 Å². The van der Waals surface area contributed by atoms with Crippen LogP contribution in [-0.2, 0) is 33.6 Å². The largest absolute Gasteiger partial charge is 0.508 e. The molecule has 0 aromatic heterocycles. The molecule has 4 unspecified atom stereocenters. The minimum Gasteiger partial charge on any atom is -0.508 e. The Morgan fingerprint density at radius 2 is 1.68 bits per heavy atom. The number of non-ortho nitro benzene ring substituents is 1. The number of rotatable bonds is 8. The van der Waals surface area contributed by atoms with Gasteiger partial charge in [0, 0.05) is 34.6 Å². The highest BCUT2D eigenvalue weighted by atomic mass is 79.9. The number of nitrogens with zero attached hydrogens (tertiary/aromatic N) is 2. The molecule has 5 rings (SSSR count). The molecule has 41 heavy (non-hydrogen) atoms. The number of fused-ring (bicyclic) bond motifs is 1. The summed E-state index contributed by atoms with van der Waals surface area (Å²) in [5, 5.41) is 35.8. The first-order valence-electron chi connectivity index (χ1n) is 13.3. The minimum absolute atomic E-state index is 0.150. The third kappa shape index (κ3) is 4.58. The lowest BCUT2D eigenvalue weighted by Crippen LogP contribution is -2.57. The fraction of sp³-hybridized carbons (Fsp3) is 0.300. The van der Waals surface area contributed by atoms with Gasteiger partial charge in [-0.05, 0) is 47.7 Å². The molecule has 2 aliphatic rings. The smallest absolute Gasteiger partial charge is 0.325 e. The van der Waals surface area contributed by atoms with E-state index in [1.165, 1.54) is 30.3 Å². The number of carbonyl (C=O) groups is 3. The summed E-state index contributed by atoms with van der Waals surface area (Å²) in [6, 6.07) is 14.7. The summed E-state index contributed by atoms with van der Waals surface area (Å²) in [5.74, 6) is -5.12. The van der Waals surface area contributed by atoms with Gasteiger partial charge >= 0.3 is 5.97 Å². The molecule has 0 bridgehead atoms. The number of anilines is 1. The van der Waals surface area contributed by atoms with Crippen molar-refractivity contribution in [2.75, 3.05) is 4.90 Å². The van der Waals surface area contributed by atoms with Crippen molar-refractivity contribution in [3.05, 3.63) is 97.5 Å². The zero-order chi connectivity index (χ0) is 29.6. The van der Waals surface area contributed by atoms with Crippen LogP contribution < -0.4 is 10.2 Å². The Morgan fingerprint density at radius 3 is 2.24 bits per heavy atom. The number of nitro benzene ring substituents is 1. The zero-order valence-electron chi connectivity index (χ0n) is 22.3. The second-order valence-electron chi connectivity index (χ2n) is 10.3. The number of carbonyl (C=O) groups excluding carboxylic acids is 2. The number of para-hydroxylation sites is 1. The highest BCUT2D eigenvalue weighted by molar-refractivity contribution is 9.10. The van der Waals surface area contributed by atoms with Crippen molar-refractivity contribution in [1.82, 2.24) is 5.32 Å². The van der Waals surface area contributed by atoms with E-state index >= 15 is 0 Å². The van der Waals surface area contributed by atoms with Gasteiger partial charge in [0.1, 0.15) is 11.3 Å². The van der Waals surface area contributed by atoms with Crippen molar-refractivity contribution < 1.29 is 29.5 Å². The summed E-state index contributed by atoms with van der Waals surface area (Å²) >= 11 is 3.39. The molecule has 2 heterocycles. The minimum atomic E-state index is -1.95. The van der Waals surface area contributed by atoms with Crippen LogP contribution in [-0.4, -0.2) is 38.5 Å². The van der Waals surface area contributed by atoms with Gasteiger partial charge < -0.3 is 10.2 Å². The van der Waals surface area contributed by atoms with E-state index in [9.17, 15) is 34.7 Å². The Hall–Kier alpha value is -4.09. The molecule has 2 saturated heterocycles. The number of carboxylic acid groups (broad SMARTS) is 1. The number of benzene rings is 3. The standard InChI is InChI=1S/C30H28BrN3O7/c1-3-17-6-5-7-18(4-2)26(17)33-27(36)23-24(28(33)37)30(29(38)39,15-16-8-11-20(12-9-16)34(40)41)32-25(23)21-14-19(31)10-13-22(21)35/h5-14,23-25,32,35H,3-4,15H2,1-2H3,(H,38,39). The average molecular weight is 622 g/mol. The molecule has 3 N–H and O–H groups in total. The van der Waals surface area contributed by atoms with Gasteiger partial charge in [0.25, 0.3) is 5.69 Å². The summed E-state index contributed by atoms with van der Waals surface area (Å²) < 4.78 is 0.602. The second-order valence-corrected chi connectivity index (χ2v) is 11.3. The van der Waals surface area contributed by atoms with Crippen molar-refractivity contribution in [2.24, 2.45) is 11.8 Å². The summed E-state index contributed by atoms with van der Waals surface area (Å²) in [6.07, 6.45) is 0.878. The summed E-state index contributed by atoms with van der Waals surface area (Å²) in [5.41, 5.74) is 0.667. The maximum absolute atomic E-state index is 14.4. The molecule has 2 amide bonds. The van der Waals surface area contributed by atoms with Gasteiger partial charge in [-0.3, -0.25) is 29.8 Å². The predicted octanol–water partition coefficient (Wildman–Crippen LogP) is 4.70. The lowest BCUT2D eigenvalue weighted by molar-refractivity contribution is -0.384. The van der Waals surface area contributed by atoms with Crippen LogP contribution in [0.15, 0.2) is 65.1 Å². The highest BCUT2D eigenvalue weighted by Gasteiger charge is 2.69. The molecule has 4 atom stereocenters. The number of nitro groups is 1. The van der Waals surface area contributed by atoms with Crippen LogP contribution in [0.25, 0.3) is 0 Å². The van der Waals surface area contributed by atoms with Crippen molar-refractivity contribution in [1.29, 1.82) is 0 Å². The first kappa shape index (κ1) is 28.4. The van der Waals surface area contributed by atoms with Crippen molar-refractivity contribution in [3.8, 4) is 5.75 Å². The summed E-state index contributed by atoms with van der Waals surface area (Å²) in [4.78, 5) is 53.6. The number of halogens is 1. The van der Waals surface area contributed by atoms with E-state index in [-0.39, 0.29) is 23.4 Å². The van der Waals surface area contributed by atoms with Crippen LogP contribution in [0, 0.1) is 22.0 Å². The second kappa shape index (κ2) is 10.7. The molecule has 0 aliphatic carbocycles. The van der Waals surface area contributed by atoms with Gasteiger partial charge in [-0.25, -0.2) is 4.90 Å². The SMILES string of the molecule is CCc1cccc(CC)c1N1C(=O)C2C(c3cc(Br)ccc3O)NC(Cc3ccc([N+](=O)[O-])cc3)(C(=O)O)C2C1=O. The number of hydrogen-bond acceptors (Lipinski definition) is 7. The number of aliphatic carboxylic acids is 1. The van der Waals surface area contributed by atoms with Gasteiger partial charge in [-0.1, -0.05) is 60.1 Å². The van der Waals surface area contributed by atoms with Gasteiger partial charge in [-0.15, -0.1) is 0 Å². The fourth-order valence-electron chi connectivity index (χ4n) is 6.26. The number of carboxylic acids is 1. The van der Waals surface area contributed by atoms with Gasteiger partial charge in [0.2, 0.25) is 11.8 Å². The third-order valence-corrected chi connectivity index (χ3v) is 8.67. The van der Waals surface area contributed by atoms with E-state index in [0.717, 1.165) is 16.0 Å². The number of hydrogen-bond donors (Lipinski definition) is 3. The van der Waals surface area contributed by atoms with E-state index in [1.54, 1.807) is 12.1 Å². The topological polar surface area (TPSA) is 150 Å². The van der Waals surface area contributed by atoms with E-state index in [0.29, 0.717) is 28.6 Å². The lowest BCUT2D eigenvalue weighted by atomic mass is 9.76. The number of aryl methyl sites for hydroxylation is 2. The van der Waals surface area contributed by atoms with Crippen LogP contribution in [0.2, 0.25) is 0 Å². The van der Waals surface area contributed by atoms with Crippen LogP contribution in [0.4, 0.5) is 11.4 Å². The average Bonchev–Trinajstić information content (AvgIpc) is 3.43. The molecule has 10 nitrogen and oxygen atoms in total. The van der Waals surface area contributed by atoms with E-state index in [4.69, 9.17) is 0 Å². The Bertz CT molecular complexity index is 1550. The molecule has 2 fully saturated rings. The monoisotopic (exact) mass is 621 g/mol. The Morgan fingerprint density at radius 1 is 1.05 bits per heavy atom. The number of amides is 2. The van der Waals surface area contributed by atoms with Crippen molar-refractivity contribution in [3.63, 3.8) is 0 Å². The molecule has 212 valence electrons. The molecular formula is C30H28BrN3O7. The predicted molar refractivity (Wildman–Crippen MR) is 154 cm³/mol. The zero-order valence-corrected chi connectivity index (χ0v) is 23.9. The van der Waals surface area contributed by atoms with Gasteiger partial charge in [-0.2, -0.15) is 0 Å². The first-order valence-corrected chi connectivity index (χ1v) is 14.0. The van der Waals surface area contributed by atoms with E-state index in [2.05, 4.69) is 21.2 Å². The molecule has 11 heteroatoms. The molecule has 3 aromatic rings. The van der Waals surface area contributed by atoms with Crippen LogP contribution in [0.3, 0.4) is 0 Å². The van der Waals surface area contributed by atoms with Crippen LogP contribution in [0.5, 0.6) is 5.75 Å².